The number of benzene rings is 1. The lowest BCUT2D eigenvalue weighted by Gasteiger charge is -2.22. The van der Waals surface area contributed by atoms with Gasteiger partial charge in [-0.05, 0) is 24.1 Å². The van der Waals surface area contributed by atoms with Gasteiger partial charge in [-0.2, -0.15) is 0 Å². The highest BCUT2D eigenvalue weighted by atomic mass is 79.9. The molecule has 0 bridgehead atoms. The molecule has 0 aliphatic carbocycles. The zero-order valence-corrected chi connectivity index (χ0v) is 16.6. The van der Waals surface area contributed by atoms with Crippen molar-refractivity contribution in [3.63, 3.8) is 0 Å². The average molecular weight is 419 g/mol. The van der Waals surface area contributed by atoms with E-state index in [1.54, 1.807) is 7.11 Å². The summed E-state index contributed by atoms with van der Waals surface area (Å²) in [6.45, 7) is 4.68. The van der Waals surface area contributed by atoms with Gasteiger partial charge < -0.3 is 19.7 Å². The van der Waals surface area contributed by atoms with Crippen LogP contribution in [0.1, 0.15) is 12.0 Å². The van der Waals surface area contributed by atoms with Crippen LogP contribution in [0.25, 0.3) is 0 Å². The normalized spacial score (nSPS) is 18.2. The van der Waals surface area contributed by atoms with E-state index in [4.69, 9.17) is 21.1 Å². The van der Waals surface area contributed by atoms with E-state index >= 15 is 0 Å². The minimum absolute atomic E-state index is 0.539. The standard InChI is InChI=1S/C17H25BrClN3O2/c1-20-17(21-10-14-3-4-15(18)9-16(14)19)22-6-5-13(11-22)12-24-8-7-23-2/h3-4,9,13H,5-8,10-12H2,1-2H3,(H,20,21). The molecule has 7 heteroatoms. The highest BCUT2D eigenvalue weighted by Crippen LogP contribution is 2.21. The predicted molar refractivity (Wildman–Crippen MR) is 102 cm³/mol. The molecule has 1 saturated heterocycles. The van der Waals surface area contributed by atoms with Gasteiger partial charge in [0.1, 0.15) is 0 Å². The zero-order chi connectivity index (χ0) is 17.4. The van der Waals surface area contributed by atoms with E-state index in [0.717, 1.165) is 47.1 Å². The molecule has 1 unspecified atom stereocenters. The van der Waals surface area contributed by atoms with Crippen molar-refractivity contribution in [3.8, 4) is 0 Å². The van der Waals surface area contributed by atoms with Crippen molar-refractivity contribution < 1.29 is 9.47 Å². The summed E-state index contributed by atoms with van der Waals surface area (Å²) in [5.74, 6) is 1.45. The van der Waals surface area contributed by atoms with Crippen molar-refractivity contribution in [3.05, 3.63) is 33.3 Å². The molecule has 1 fully saturated rings. The molecule has 1 aromatic carbocycles. The Bertz CT molecular complexity index is 557. The summed E-state index contributed by atoms with van der Waals surface area (Å²) in [4.78, 5) is 6.67. The average Bonchev–Trinajstić information content (AvgIpc) is 3.03. The molecular formula is C17H25BrClN3O2. The summed E-state index contributed by atoms with van der Waals surface area (Å²) in [7, 11) is 3.50. The lowest BCUT2D eigenvalue weighted by Crippen LogP contribution is -2.39. The second-order valence-electron chi connectivity index (χ2n) is 5.80. The summed E-state index contributed by atoms with van der Waals surface area (Å²) in [5.41, 5.74) is 1.06. The van der Waals surface area contributed by atoms with Gasteiger partial charge in [-0.15, -0.1) is 0 Å². The van der Waals surface area contributed by atoms with Gasteiger partial charge in [0.25, 0.3) is 0 Å². The highest BCUT2D eigenvalue weighted by Gasteiger charge is 2.24. The van der Waals surface area contributed by atoms with Crippen molar-refractivity contribution in [2.45, 2.75) is 13.0 Å². The maximum atomic E-state index is 6.27. The van der Waals surface area contributed by atoms with E-state index in [1.807, 2.05) is 25.2 Å². The molecule has 0 saturated carbocycles. The number of guanidine groups is 1. The van der Waals surface area contributed by atoms with Gasteiger partial charge in [-0.25, -0.2) is 0 Å². The van der Waals surface area contributed by atoms with Crippen LogP contribution >= 0.6 is 27.5 Å². The van der Waals surface area contributed by atoms with Gasteiger partial charge in [-0.3, -0.25) is 4.99 Å². The van der Waals surface area contributed by atoms with E-state index in [9.17, 15) is 0 Å². The highest BCUT2D eigenvalue weighted by molar-refractivity contribution is 9.10. The van der Waals surface area contributed by atoms with E-state index in [2.05, 4.69) is 31.1 Å². The Morgan fingerprint density at radius 1 is 1.46 bits per heavy atom. The first-order valence-electron chi connectivity index (χ1n) is 8.10. The monoisotopic (exact) mass is 417 g/mol. The van der Waals surface area contributed by atoms with Crippen molar-refractivity contribution in [2.75, 3.05) is 47.1 Å². The number of methoxy groups -OCH3 is 1. The molecule has 1 aliphatic heterocycles. The molecule has 0 spiro atoms. The number of hydrogen-bond acceptors (Lipinski definition) is 3. The van der Waals surface area contributed by atoms with E-state index in [-0.39, 0.29) is 0 Å². The summed E-state index contributed by atoms with van der Waals surface area (Å²) in [5, 5.41) is 4.15. The first kappa shape index (κ1) is 19.5. The van der Waals surface area contributed by atoms with Gasteiger partial charge in [0, 0.05) is 49.2 Å². The molecule has 24 heavy (non-hydrogen) atoms. The van der Waals surface area contributed by atoms with Crippen LogP contribution in [-0.2, 0) is 16.0 Å². The van der Waals surface area contributed by atoms with Crippen LogP contribution in [0.2, 0.25) is 5.02 Å². The number of aliphatic imine (C=N–C) groups is 1. The van der Waals surface area contributed by atoms with Gasteiger partial charge >= 0.3 is 0 Å². The number of rotatable bonds is 7. The Morgan fingerprint density at radius 3 is 3.00 bits per heavy atom. The first-order valence-corrected chi connectivity index (χ1v) is 9.27. The summed E-state index contributed by atoms with van der Waals surface area (Å²) < 4.78 is 11.6. The van der Waals surface area contributed by atoms with Crippen LogP contribution in [0.4, 0.5) is 0 Å². The van der Waals surface area contributed by atoms with Crippen molar-refractivity contribution in [2.24, 2.45) is 10.9 Å². The number of hydrogen-bond donors (Lipinski definition) is 1. The SMILES string of the molecule is CN=C(NCc1ccc(Br)cc1Cl)N1CCC(COCCOC)C1. The van der Waals surface area contributed by atoms with Crippen LogP contribution in [0.3, 0.4) is 0 Å². The Balaban J connectivity index is 1.80. The number of likely N-dealkylation sites (tertiary alicyclic amines) is 1. The molecule has 1 aliphatic rings. The second-order valence-corrected chi connectivity index (χ2v) is 7.13. The van der Waals surface area contributed by atoms with Crippen molar-refractivity contribution in [1.29, 1.82) is 0 Å². The van der Waals surface area contributed by atoms with E-state index < -0.39 is 0 Å². The van der Waals surface area contributed by atoms with Crippen LogP contribution in [0, 0.1) is 5.92 Å². The third-order valence-electron chi connectivity index (χ3n) is 4.03. The Kier molecular flexibility index (Phi) is 8.32. The van der Waals surface area contributed by atoms with Crippen molar-refractivity contribution >= 4 is 33.5 Å². The van der Waals surface area contributed by atoms with Gasteiger partial charge in [0.05, 0.1) is 19.8 Å². The molecule has 2 rings (SSSR count). The lowest BCUT2D eigenvalue weighted by atomic mass is 10.1. The second kappa shape index (κ2) is 10.2. The van der Waals surface area contributed by atoms with Crippen LogP contribution < -0.4 is 5.32 Å². The van der Waals surface area contributed by atoms with Crippen LogP contribution in [-0.4, -0.2) is 57.9 Å². The Hall–Kier alpha value is -0.820. The van der Waals surface area contributed by atoms with Crippen molar-refractivity contribution in [1.82, 2.24) is 10.2 Å². The first-order chi connectivity index (χ1) is 11.6. The maximum Gasteiger partial charge on any atom is 0.193 e. The predicted octanol–water partition coefficient (Wildman–Crippen LogP) is 3.16. The van der Waals surface area contributed by atoms with Crippen LogP contribution in [0.15, 0.2) is 27.7 Å². The molecule has 5 nitrogen and oxygen atoms in total. The molecule has 1 atom stereocenters. The third-order valence-corrected chi connectivity index (χ3v) is 4.88. The number of ether oxygens (including phenoxy) is 2. The summed E-state index contributed by atoms with van der Waals surface area (Å²) in [6, 6.07) is 5.92. The smallest absolute Gasteiger partial charge is 0.193 e. The third kappa shape index (κ3) is 5.92. The number of halogens is 2. The lowest BCUT2D eigenvalue weighted by molar-refractivity contribution is 0.0536. The molecule has 1 aromatic rings. The molecule has 0 amide bonds. The number of nitrogens with zero attached hydrogens (tertiary/aromatic N) is 2. The quantitative estimate of drug-likeness (QED) is 0.420. The zero-order valence-electron chi connectivity index (χ0n) is 14.2. The molecule has 134 valence electrons. The molecule has 0 aromatic heterocycles. The van der Waals surface area contributed by atoms with E-state index in [0.29, 0.717) is 25.7 Å². The minimum atomic E-state index is 0.539. The Morgan fingerprint density at radius 2 is 2.29 bits per heavy atom. The van der Waals surface area contributed by atoms with Crippen LogP contribution in [0.5, 0.6) is 0 Å². The van der Waals surface area contributed by atoms with Gasteiger partial charge in [-0.1, -0.05) is 33.6 Å². The topological polar surface area (TPSA) is 46.1 Å². The fourth-order valence-electron chi connectivity index (χ4n) is 2.72. The fraction of sp³-hybridized carbons (Fsp3) is 0.588. The molecule has 1 heterocycles. The molecular weight excluding hydrogens is 394 g/mol. The van der Waals surface area contributed by atoms with E-state index in [1.165, 1.54) is 0 Å². The maximum absolute atomic E-state index is 6.27. The summed E-state index contributed by atoms with van der Waals surface area (Å²) in [6.07, 6.45) is 1.12. The molecule has 0 radical (unpaired) electrons. The minimum Gasteiger partial charge on any atom is -0.382 e. The largest absolute Gasteiger partial charge is 0.382 e. The Labute approximate surface area is 157 Å². The summed E-state index contributed by atoms with van der Waals surface area (Å²) >= 11 is 9.70. The van der Waals surface area contributed by atoms with Gasteiger partial charge in [0.2, 0.25) is 0 Å². The number of nitrogens with one attached hydrogen (secondary N) is 1. The van der Waals surface area contributed by atoms with Gasteiger partial charge in [0.15, 0.2) is 5.96 Å². The fourth-order valence-corrected chi connectivity index (χ4v) is 3.47. The molecule has 1 N–H and O–H groups in total.